The van der Waals surface area contributed by atoms with Gasteiger partial charge < -0.3 is 15.7 Å². The zero-order chi connectivity index (χ0) is 23.4. The van der Waals surface area contributed by atoms with Crippen LogP contribution in [-0.2, 0) is 22.7 Å². The van der Waals surface area contributed by atoms with E-state index in [2.05, 4.69) is 27.5 Å². The molecule has 3 unspecified atom stereocenters. The van der Waals surface area contributed by atoms with Crippen LogP contribution in [0.4, 0.5) is 0 Å². The zero-order valence-corrected chi connectivity index (χ0v) is 19.5. The summed E-state index contributed by atoms with van der Waals surface area (Å²) in [5, 5.41) is 17.1. The van der Waals surface area contributed by atoms with Crippen LogP contribution in [-0.4, -0.2) is 71.0 Å². The van der Waals surface area contributed by atoms with Gasteiger partial charge in [0.2, 0.25) is 11.8 Å². The molecule has 2 amide bonds. The number of thiophene rings is 1. The number of carbonyl (C=O) groups is 3. The highest BCUT2D eigenvalue weighted by Crippen LogP contribution is 2.28. The van der Waals surface area contributed by atoms with Crippen LogP contribution in [0.3, 0.4) is 0 Å². The molecule has 33 heavy (non-hydrogen) atoms. The Kier molecular flexibility index (Phi) is 7.42. The summed E-state index contributed by atoms with van der Waals surface area (Å²) in [5.74, 6) is -0.892. The SMILES string of the molecule is CN1C(CCC(=O)NCc2cccs2)CNC(=O)C2C1CCN2Cc1ccc(C(=O)O)cc1. The van der Waals surface area contributed by atoms with Gasteiger partial charge in [-0.25, -0.2) is 4.79 Å². The average molecular weight is 471 g/mol. The standard InChI is InChI=1S/C24H30N4O4S/c1-27-18(8-9-21(29)25-14-19-3-2-12-33-19)13-26-23(30)22-20(27)10-11-28(22)15-16-4-6-17(7-5-16)24(31)32/h2-7,12,18,20,22H,8-11,13-15H2,1H3,(H,25,29)(H,26,30)(H,31,32). The Bertz CT molecular complexity index is 979. The lowest BCUT2D eigenvalue weighted by Gasteiger charge is -2.33. The maximum atomic E-state index is 13.0. The average Bonchev–Trinajstić information content (AvgIpc) is 3.45. The van der Waals surface area contributed by atoms with E-state index >= 15 is 0 Å². The third-order valence-corrected chi connectivity index (χ3v) is 7.56. The van der Waals surface area contributed by atoms with Crippen LogP contribution >= 0.6 is 11.3 Å². The fourth-order valence-corrected chi connectivity index (χ4v) is 5.44. The second-order valence-electron chi connectivity index (χ2n) is 8.73. The van der Waals surface area contributed by atoms with Crippen LogP contribution in [0.5, 0.6) is 0 Å². The number of benzene rings is 1. The van der Waals surface area contributed by atoms with E-state index in [1.165, 1.54) is 0 Å². The quantitative estimate of drug-likeness (QED) is 0.545. The Labute approximate surface area is 197 Å². The van der Waals surface area contributed by atoms with Crippen LogP contribution in [0.2, 0.25) is 0 Å². The fraction of sp³-hybridized carbons (Fsp3) is 0.458. The summed E-state index contributed by atoms with van der Waals surface area (Å²) < 4.78 is 0. The molecule has 3 atom stereocenters. The number of nitrogens with one attached hydrogen (secondary N) is 2. The molecule has 0 radical (unpaired) electrons. The van der Waals surface area contributed by atoms with Crippen LogP contribution in [0, 0.1) is 0 Å². The van der Waals surface area contributed by atoms with Gasteiger partial charge in [-0.1, -0.05) is 18.2 Å². The largest absolute Gasteiger partial charge is 0.478 e. The summed E-state index contributed by atoms with van der Waals surface area (Å²) in [6.45, 7) is 2.47. The molecular formula is C24H30N4O4S. The van der Waals surface area contributed by atoms with Gasteiger partial charge in [-0.15, -0.1) is 11.3 Å². The minimum atomic E-state index is -0.946. The van der Waals surface area contributed by atoms with Crippen molar-refractivity contribution in [1.82, 2.24) is 20.4 Å². The number of hydrogen-bond donors (Lipinski definition) is 3. The third kappa shape index (κ3) is 5.61. The van der Waals surface area contributed by atoms with Crippen molar-refractivity contribution < 1.29 is 19.5 Å². The van der Waals surface area contributed by atoms with Gasteiger partial charge in [0.1, 0.15) is 6.04 Å². The molecule has 2 aliphatic heterocycles. The summed E-state index contributed by atoms with van der Waals surface area (Å²) in [6.07, 6.45) is 1.99. The molecule has 2 aromatic rings. The van der Waals surface area contributed by atoms with Crippen molar-refractivity contribution in [3.8, 4) is 0 Å². The van der Waals surface area contributed by atoms with Gasteiger partial charge in [0.15, 0.2) is 0 Å². The van der Waals surface area contributed by atoms with Crippen molar-refractivity contribution in [3.05, 3.63) is 57.8 Å². The van der Waals surface area contributed by atoms with Crippen molar-refractivity contribution in [3.63, 3.8) is 0 Å². The van der Waals surface area contributed by atoms with E-state index in [1.54, 1.807) is 23.5 Å². The Morgan fingerprint density at radius 2 is 2.03 bits per heavy atom. The van der Waals surface area contributed by atoms with E-state index in [-0.39, 0.29) is 35.5 Å². The molecule has 9 heteroatoms. The molecule has 176 valence electrons. The van der Waals surface area contributed by atoms with Crippen molar-refractivity contribution in [1.29, 1.82) is 0 Å². The number of amides is 2. The van der Waals surface area contributed by atoms with Crippen LogP contribution < -0.4 is 10.6 Å². The van der Waals surface area contributed by atoms with Crippen LogP contribution in [0.15, 0.2) is 41.8 Å². The number of carboxylic acid groups (broad SMARTS) is 1. The Hall–Kier alpha value is -2.75. The van der Waals surface area contributed by atoms with Gasteiger partial charge in [-0.05, 0) is 49.0 Å². The van der Waals surface area contributed by atoms with Gasteiger partial charge in [-0.2, -0.15) is 0 Å². The summed E-state index contributed by atoms with van der Waals surface area (Å²) in [4.78, 5) is 42.0. The van der Waals surface area contributed by atoms with Crippen LogP contribution in [0.25, 0.3) is 0 Å². The first-order chi connectivity index (χ1) is 15.9. The molecule has 0 bridgehead atoms. The first-order valence-electron chi connectivity index (χ1n) is 11.3. The molecule has 0 spiro atoms. The number of fused-ring (bicyclic) bond motifs is 1. The second kappa shape index (κ2) is 10.5. The van der Waals surface area contributed by atoms with E-state index in [9.17, 15) is 14.4 Å². The minimum absolute atomic E-state index is 0.0242. The number of likely N-dealkylation sites (tertiary alicyclic amines) is 1. The van der Waals surface area contributed by atoms with E-state index in [1.807, 2.05) is 29.6 Å². The summed E-state index contributed by atoms with van der Waals surface area (Å²) >= 11 is 1.63. The van der Waals surface area contributed by atoms with E-state index < -0.39 is 5.97 Å². The van der Waals surface area contributed by atoms with Gasteiger partial charge in [0.25, 0.3) is 0 Å². The molecule has 1 aromatic heterocycles. The summed E-state index contributed by atoms with van der Waals surface area (Å²) in [7, 11) is 2.05. The number of likely N-dealkylation sites (N-methyl/N-ethyl adjacent to an activating group) is 1. The highest BCUT2D eigenvalue weighted by Gasteiger charge is 2.44. The van der Waals surface area contributed by atoms with Gasteiger partial charge in [0, 0.05) is 43.0 Å². The first kappa shape index (κ1) is 23.4. The number of hydrogen-bond acceptors (Lipinski definition) is 6. The lowest BCUT2D eigenvalue weighted by Crippen LogP contribution is -2.49. The highest BCUT2D eigenvalue weighted by molar-refractivity contribution is 7.09. The smallest absolute Gasteiger partial charge is 0.335 e. The van der Waals surface area contributed by atoms with Crippen molar-refractivity contribution in [2.75, 3.05) is 20.1 Å². The first-order valence-corrected chi connectivity index (χ1v) is 12.2. The minimum Gasteiger partial charge on any atom is -0.478 e. The summed E-state index contributed by atoms with van der Waals surface area (Å²) in [6, 6.07) is 10.7. The molecule has 2 aliphatic rings. The maximum Gasteiger partial charge on any atom is 0.335 e. The molecule has 0 saturated carbocycles. The third-order valence-electron chi connectivity index (χ3n) is 6.68. The van der Waals surface area contributed by atoms with Gasteiger partial charge in [0.05, 0.1) is 12.1 Å². The summed E-state index contributed by atoms with van der Waals surface area (Å²) in [5.41, 5.74) is 1.24. The van der Waals surface area contributed by atoms with E-state index in [0.717, 1.165) is 23.4 Å². The van der Waals surface area contributed by atoms with Crippen LogP contribution in [0.1, 0.15) is 40.1 Å². The Morgan fingerprint density at radius 1 is 1.24 bits per heavy atom. The molecule has 3 N–H and O–H groups in total. The fourth-order valence-electron chi connectivity index (χ4n) is 4.80. The molecule has 3 heterocycles. The lowest BCUT2D eigenvalue weighted by atomic mass is 10.0. The predicted molar refractivity (Wildman–Crippen MR) is 126 cm³/mol. The molecule has 1 aromatic carbocycles. The maximum absolute atomic E-state index is 13.0. The highest BCUT2D eigenvalue weighted by atomic mass is 32.1. The zero-order valence-electron chi connectivity index (χ0n) is 18.7. The Morgan fingerprint density at radius 3 is 2.73 bits per heavy atom. The molecular weight excluding hydrogens is 440 g/mol. The topological polar surface area (TPSA) is 102 Å². The Balaban J connectivity index is 1.33. The van der Waals surface area contributed by atoms with E-state index in [4.69, 9.17) is 5.11 Å². The number of carboxylic acids is 1. The monoisotopic (exact) mass is 470 g/mol. The number of carbonyl (C=O) groups excluding carboxylic acids is 2. The molecule has 8 nitrogen and oxygen atoms in total. The van der Waals surface area contributed by atoms with Crippen molar-refractivity contribution in [2.45, 2.75) is 50.5 Å². The second-order valence-corrected chi connectivity index (χ2v) is 9.76. The van der Waals surface area contributed by atoms with Gasteiger partial charge >= 0.3 is 5.97 Å². The lowest BCUT2D eigenvalue weighted by molar-refractivity contribution is -0.126. The van der Waals surface area contributed by atoms with Crippen molar-refractivity contribution >= 4 is 29.1 Å². The number of rotatable bonds is 8. The predicted octanol–water partition coefficient (Wildman–Crippen LogP) is 1.92. The van der Waals surface area contributed by atoms with Gasteiger partial charge in [-0.3, -0.25) is 19.4 Å². The number of aromatic carboxylic acids is 1. The van der Waals surface area contributed by atoms with Crippen molar-refractivity contribution in [2.24, 2.45) is 0 Å². The molecule has 4 rings (SSSR count). The molecule has 2 fully saturated rings. The number of nitrogens with zero attached hydrogens (tertiary/aromatic N) is 2. The molecule has 2 saturated heterocycles. The molecule has 0 aliphatic carbocycles. The van der Waals surface area contributed by atoms with E-state index in [0.29, 0.717) is 32.5 Å². The normalized spacial score (nSPS) is 23.5.